The van der Waals surface area contributed by atoms with E-state index in [0.717, 1.165) is 30.4 Å². The highest BCUT2D eigenvalue weighted by atomic mass is 15.1. The van der Waals surface area contributed by atoms with Crippen molar-refractivity contribution >= 4 is 11.6 Å². The summed E-state index contributed by atoms with van der Waals surface area (Å²) in [6, 6.07) is 5.87. The van der Waals surface area contributed by atoms with Crippen LogP contribution in [-0.2, 0) is 13.5 Å². The van der Waals surface area contributed by atoms with Crippen molar-refractivity contribution in [2.45, 2.75) is 6.42 Å². The van der Waals surface area contributed by atoms with Gasteiger partial charge >= 0.3 is 0 Å². The molecule has 0 radical (unpaired) electrons. The third-order valence-electron chi connectivity index (χ3n) is 2.58. The molecule has 0 aromatic carbocycles. The highest BCUT2D eigenvalue weighted by Gasteiger charge is 1.99. The summed E-state index contributed by atoms with van der Waals surface area (Å²) in [6.07, 6.45) is 4.65. The number of pyridine rings is 1. The Morgan fingerprint density at radius 1 is 1.29 bits per heavy atom. The number of nitrogens with one attached hydrogen (secondary N) is 2. The maximum absolute atomic E-state index is 4.38. The van der Waals surface area contributed by atoms with Gasteiger partial charge < -0.3 is 15.2 Å². The molecule has 0 aliphatic heterocycles. The van der Waals surface area contributed by atoms with Gasteiger partial charge in [0.2, 0.25) is 0 Å². The summed E-state index contributed by atoms with van der Waals surface area (Å²) < 4.78 is 2.03. The molecule has 0 unspecified atom stereocenters. The van der Waals surface area contributed by atoms with E-state index in [0.29, 0.717) is 0 Å². The number of hydrogen-bond donors (Lipinski definition) is 2. The normalized spacial score (nSPS) is 10.2. The quantitative estimate of drug-likeness (QED) is 0.819. The van der Waals surface area contributed by atoms with E-state index in [1.54, 1.807) is 0 Å². The molecule has 2 rings (SSSR count). The van der Waals surface area contributed by atoms with E-state index in [1.807, 2.05) is 49.3 Å². The van der Waals surface area contributed by atoms with Crippen LogP contribution >= 0.6 is 0 Å². The Bertz CT molecular complexity index is 477. The Morgan fingerprint density at radius 3 is 2.82 bits per heavy atom. The first-order chi connectivity index (χ1) is 8.29. The third kappa shape index (κ3) is 2.96. The molecule has 0 atom stereocenters. The summed E-state index contributed by atoms with van der Waals surface area (Å²) in [5, 5.41) is 6.29. The second-order valence-corrected chi connectivity index (χ2v) is 3.79. The first kappa shape index (κ1) is 11.4. The maximum atomic E-state index is 4.38. The van der Waals surface area contributed by atoms with Crippen molar-refractivity contribution in [3.8, 4) is 0 Å². The Balaban J connectivity index is 1.87. The van der Waals surface area contributed by atoms with E-state index in [1.165, 1.54) is 0 Å². The van der Waals surface area contributed by atoms with Gasteiger partial charge in [0.05, 0.1) is 0 Å². The molecule has 0 aliphatic carbocycles. The average Bonchev–Trinajstić information content (AvgIpc) is 2.76. The number of aryl methyl sites for hydroxylation is 1. The van der Waals surface area contributed by atoms with Crippen molar-refractivity contribution in [3.63, 3.8) is 0 Å². The molecule has 0 fully saturated rings. The van der Waals surface area contributed by atoms with Crippen LogP contribution in [0.5, 0.6) is 0 Å². The lowest BCUT2D eigenvalue weighted by Gasteiger charge is -2.07. The van der Waals surface area contributed by atoms with E-state index in [4.69, 9.17) is 0 Å². The SMILES string of the molecule is CNc1cccc(NCCc2nccn2C)n1. The van der Waals surface area contributed by atoms with Crippen molar-refractivity contribution in [1.29, 1.82) is 0 Å². The summed E-state index contributed by atoms with van der Waals surface area (Å²) in [4.78, 5) is 8.65. The summed E-state index contributed by atoms with van der Waals surface area (Å²) in [6.45, 7) is 0.824. The van der Waals surface area contributed by atoms with Crippen molar-refractivity contribution < 1.29 is 0 Å². The summed E-state index contributed by atoms with van der Waals surface area (Å²) in [7, 11) is 3.86. The largest absolute Gasteiger partial charge is 0.373 e. The number of rotatable bonds is 5. The van der Waals surface area contributed by atoms with Crippen LogP contribution in [0.15, 0.2) is 30.6 Å². The fourth-order valence-electron chi connectivity index (χ4n) is 1.61. The monoisotopic (exact) mass is 231 g/mol. The maximum Gasteiger partial charge on any atom is 0.128 e. The Labute approximate surface area is 101 Å². The standard InChI is InChI=1S/C12H17N5/c1-13-10-4-3-5-11(16-10)14-7-6-12-15-8-9-17(12)2/h3-5,8-9H,6-7H2,1-2H3,(H2,13,14,16). The summed E-state index contributed by atoms with van der Waals surface area (Å²) in [5.41, 5.74) is 0. The molecule has 0 saturated carbocycles. The van der Waals surface area contributed by atoms with Crippen LogP contribution in [0.25, 0.3) is 0 Å². The number of imidazole rings is 1. The molecule has 0 bridgehead atoms. The van der Waals surface area contributed by atoms with Crippen molar-refractivity contribution in [3.05, 3.63) is 36.4 Å². The second-order valence-electron chi connectivity index (χ2n) is 3.79. The first-order valence-corrected chi connectivity index (χ1v) is 5.64. The van der Waals surface area contributed by atoms with Crippen LogP contribution in [0.4, 0.5) is 11.6 Å². The second kappa shape index (κ2) is 5.34. The molecule has 0 spiro atoms. The molecule has 2 heterocycles. The molecule has 17 heavy (non-hydrogen) atoms. The van der Waals surface area contributed by atoms with Gasteiger partial charge in [0, 0.05) is 39.5 Å². The van der Waals surface area contributed by atoms with Crippen LogP contribution < -0.4 is 10.6 Å². The molecule has 0 saturated heterocycles. The van der Waals surface area contributed by atoms with Crippen LogP contribution in [0.1, 0.15) is 5.82 Å². The molecule has 0 amide bonds. The van der Waals surface area contributed by atoms with E-state index in [2.05, 4.69) is 20.6 Å². The van der Waals surface area contributed by atoms with Gasteiger partial charge in [-0.25, -0.2) is 9.97 Å². The number of aromatic nitrogens is 3. The molecule has 2 aromatic heterocycles. The van der Waals surface area contributed by atoms with Gasteiger partial charge in [0.15, 0.2) is 0 Å². The zero-order valence-electron chi connectivity index (χ0n) is 10.1. The average molecular weight is 231 g/mol. The number of anilines is 2. The lowest BCUT2D eigenvalue weighted by atomic mass is 10.4. The van der Waals surface area contributed by atoms with Crippen molar-refractivity contribution in [2.24, 2.45) is 7.05 Å². The zero-order chi connectivity index (χ0) is 12.1. The van der Waals surface area contributed by atoms with Gasteiger partial charge in [-0.3, -0.25) is 0 Å². The predicted molar refractivity (Wildman–Crippen MR) is 69.2 cm³/mol. The molecule has 0 aliphatic rings. The minimum atomic E-state index is 0.824. The molecular formula is C12H17N5. The fourth-order valence-corrected chi connectivity index (χ4v) is 1.61. The Morgan fingerprint density at radius 2 is 2.12 bits per heavy atom. The minimum absolute atomic E-state index is 0.824. The highest BCUT2D eigenvalue weighted by molar-refractivity contribution is 5.44. The van der Waals surface area contributed by atoms with Gasteiger partial charge in [-0.15, -0.1) is 0 Å². The molecule has 5 heteroatoms. The smallest absolute Gasteiger partial charge is 0.128 e. The van der Waals surface area contributed by atoms with Crippen LogP contribution in [0.2, 0.25) is 0 Å². The molecule has 90 valence electrons. The molecule has 5 nitrogen and oxygen atoms in total. The first-order valence-electron chi connectivity index (χ1n) is 5.64. The van der Waals surface area contributed by atoms with E-state index in [-0.39, 0.29) is 0 Å². The third-order valence-corrected chi connectivity index (χ3v) is 2.58. The molecule has 2 N–H and O–H groups in total. The van der Waals surface area contributed by atoms with Gasteiger partial charge in [-0.05, 0) is 12.1 Å². The van der Waals surface area contributed by atoms with Gasteiger partial charge in [-0.2, -0.15) is 0 Å². The van der Waals surface area contributed by atoms with E-state index >= 15 is 0 Å². The van der Waals surface area contributed by atoms with Gasteiger partial charge in [0.1, 0.15) is 17.5 Å². The molecule has 2 aromatic rings. The number of nitrogens with zero attached hydrogens (tertiary/aromatic N) is 3. The summed E-state index contributed by atoms with van der Waals surface area (Å²) >= 11 is 0. The Hall–Kier alpha value is -2.04. The topological polar surface area (TPSA) is 54.8 Å². The van der Waals surface area contributed by atoms with Crippen molar-refractivity contribution in [1.82, 2.24) is 14.5 Å². The Kier molecular flexibility index (Phi) is 3.59. The molecular weight excluding hydrogens is 214 g/mol. The lowest BCUT2D eigenvalue weighted by Crippen LogP contribution is -2.09. The minimum Gasteiger partial charge on any atom is -0.373 e. The summed E-state index contributed by atoms with van der Waals surface area (Å²) in [5.74, 6) is 2.82. The van der Waals surface area contributed by atoms with Crippen LogP contribution in [0, 0.1) is 0 Å². The van der Waals surface area contributed by atoms with Gasteiger partial charge in [0.25, 0.3) is 0 Å². The highest BCUT2D eigenvalue weighted by Crippen LogP contribution is 2.08. The van der Waals surface area contributed by atoms with E-state index in [9.17, 15) is 0 Å². The fraction of sp³-hybridized carbons (Fsp3) is 0.333. The van der Waals surface area contributed by atoms with Gasteiger partial charge in [-0.1, -0.05) is 6.07 Å². The van der Waals surface area contributed by atoms with E-state index < -0.39 is 0 Å². The lowest BCUT2D eigenvalue weighted by molar-refractivity contribution is 0.788. The predicted octanol–water partition coefficient (Wildman–Crippen LogP) is 1.51. The van der Waals surface area contributed by atoms with Crippen LogP contribution in [0.3, 0.4) is 0 Å². The number of hydrogen-bond acceptors (Lipinski definition) is 4. The van der Waals surface area contributed by atoms with Crippen molar-refractivity contribution in [2.75, 3.05) is 24.2 Å². The zero-order valence-corrected chi connectivity index (χ0v) is 10.1. The van der Waals surface area contributed by atoms with Crippen LogP contribution in [-0.4, -0.2) is 28.1 Å².